The van der Waals surface area contributed by atoms with Gasteiger partial charge in [0.1, 0.15) is 17.4 Å². The summed E-state index contributed by atoms with van der Waals surface area (Å²) < 4.78 is 5.46. The average molecular weight is 314 g/mol. The Kier molecular flexibility index (Phi) is 3.39. The number of fused-ring (bicyclic) bond motifs is 1. The van der Waals surface area contributed by atoms with Crippen LogP contribution in [-0.4, -0.2) is 4.98 Å². The lowest BCUT2D eigenvalue weighted by atomic mass is 9.84. The maximum absolute atomic E-state index is 12.4. The molecule has 2 heterocycles. The number of rotatable bonds is 1. The van der Waals surface area contributed by atoms with E-state index >= 15 is 0 Å². The van der Waals surface area contributed by atoms with Crippen molar-refractivity contribution in [2.45, 2.75) is 12.8 Å². The highest BCUT2D eigenvalue weighted by Gasteiger charge is 2.33. The molecule has 0 bridgehead atoms. The van der Waals surface area contributed by atoms with Crippen molar-refractivity contribution in [3.05, 3.63) is 74.0 Å². The first-order chi connectivity index (χ1) is 10.5. The van der Waals surface area contributed by atoms with Crippen LogP contribution in [-0.2, 0) is 0 Å². The van der Waals surface area contributed by atoms with Crippen molar-refractivity contribution in [2.75, 3.05) is 0 Å². The molecule has 1 aliphatic rings. The lowest BCUT2D eigenvalue weighted by Gasteiger charge is -2.25. The first-order valence-electron chi connectivity index (χ1n) is 6.58. The van der Waals surface area contributed by atoms with Gasteiger partial charge in [0, 0.05) is 16.8 Å². The number of benzene rings is 1. The highest BCUT2D eigenvalue weighted by molar-refractivity contribution is 6.30. The van der Waals surface area contributed by atoms with Gasteiger partial charge in [-0.05, 0) is 24.6 Å². The maximum Gasteiger partial charge on any atom is 0.256 e. The Morgan fingerprint density at radius 2 is 2.05 bits per heavy atom. The summed E-state index contributed by atoms with van der Waals surface area (Å²) in [5, 5.41) is 9.99. The number of H-pyrrole nitrogens is 1. The Balaban J connectivity index is 2.29. The molecule has 1 atom stereocenters. The Hall–Kier alpha value is -2.71. The van der Waals surface area contributed by atoms with Crippen LogP contribution in [0.3, 0.4) is 0 Å². The molecule has 5 nitrogen and oxygen atoms in total. The number of allylic oxidation sites excluding steroid dienone is 1. The van der Waals surface area contributed by atoms with Gasteiger partial charge in [0.25, 0.3) is 5.56 Å². The number of halogens is 1. The lowest BCUT2D eigenvalue weighted by Crippen LogP contribution is -2.27. The molecular formula is C16H12ClN3O2. The molecule has 0 fully saturated rings. The fourth-order valence-electron chi connectivity index (χ4n) is 2.59. The topological polar surface area (TPSA) is 91.9 Å². The van der Waals surface area contributed by atoms with E-state index in [1.54, 1.807) is 37.3 Å². The van der Waals surface area contributed by atoms with E-state index in [1.165, 1.54) is 0 Å². The van der Waals surface area contributed by atoms with Gasteiger partial charge in [0.15, 0.2) is 0 Å². The summed E-state index contributed by atoms with van der Waals surface area (Å²) in [5.74, 6) is -0.187. The zero-order valence-corrected chi connectivity index (χ0v) is 12.4. The number of hydrogen-bond acceptors (Lipinski definition) is 4. The molecule has 0 amide bonds. The van der Waals surface area contributed by atoms with Gasteiger partial charge in [-0.3, -0.25) is 4.79 Å². The van der Waals surface area contributed by atoms with Crippen molar-refractivity contribution in [1.82, 2.24) is 4.98 Å². The van der Waals surface area contributed by atoms with Crippen molar-refractivity contribution in [2.24, 2.45) is 5.73 Å². The quantitative estimate of drug-likeness (QED) is 0.846. The van der Waals surface area contributed by atoms with Crippen LogP contribution in [0.5, 0.6) is 5.75 Å². The molecule has 0 radical (unpaired) electrons. The number of nitriles is 1. The molecule has 110 valence electrons. The van der Waals surface area contributed by atoms with E-state index in [2.05, 4.69) is 4.98 Å². The van der Waals surface area contributed by atoms with Crippen molar-refractivity contribution in [1.29, 1.82) is 5.26 Å². The molecule has 2 aromatic rings. The molecule has 1 aliphatic heterocycles. The van der Waals surface area contributed by atoms with E-state index in [-0.39, 0.29) is 17.0 Å². The molecule has 1 aromatic carbocycles. The van der Waals surface area contributed by atoms with Crippen LogP contribution in [0, 0.1) is 18.3 Å². The Bertz CT molecular complexity index is 876. The maximum atomic E-state index is 12.4. The summed E-state index contributed by atoms with van der Waals surface area (Å²) in [6.45, 7) is 1.75. The van der Waals surface area contributed by atoms with Crippen LogP contribution in [0.2, 0.25) is 5.02 Å². The van der Waals surface area contributed by atoms with Gasteiger partial charge >= 0.3 is 0 Å². The molecule has 6 heteroatoms. The number of ether oxygens (including phenoxy) is 1. The summed E-state index contributed by atoms with van der Waals surface area (Å²) in [6, 6.07) is 10.7. The minimum absolute atomic E-state index is 0.0138. The van der Waals surface area contributed by atoms with Crippen LogP contribution >= 0.6 is 11.6 Å². The number of aryl methyl sites for hydroxylation is 1. The molecule has 0 saturated heterocycles. The number of pyridine rings is 1. The van der Waals surface area contributed by atoms with Gasteiger partial charge in [0.05, 0.1) is 11.5 Å². The van der Waals surface area contributed by atoms with Crippen molar-refractivity contribution >= 4 is 11.6 Å². The van der Waals surface area contributed by atoms with Crippen molar-refractivity contribution in [3.8, 4) is 11.8 Å². The van der Waals surface area contributed by atoms with Gasteiger partial charge < -0.3 is 15.5 Å². The van der Waals surface area contributed by atoms with Crippen LogP contribution in [0.25, 0.3) is 0 Å². The van der Waals surface area contributed by atoms with Gasteiger partial charge in [0.2, 0.25) is 5.88 Å². The minimum atomic E-state index is -0.574. The lowest BCUT2D eigenvalue weighted by molar-refractivity contribution is 0.391. The first-order valence-corrected chi connectivity index (χ1v) is 6.96. The van der Waals surface area contributed by atoms with E-state index < -0.39 is 5.92 Å². The van der Waals surface area contributed by atoms with Gasteiger partial charge in [-0.15, -0.1) is 0 Å². The third-order valence-corrected chi connectivity index (χ3v) is 3.81. The number of aromatic amines is 1. The molecule has 1 aromatic heterocycles. The monoisotopic (exact) mass is 313 g/mol. The SMILES string of the molecule is Cc1cc2c(c(=O)[nH]1)[C@H](c1ccc(Cl)cc1)C(C#N)=C(N)O2. The standard InChI is InChI=1S/C16H12ClN3O2/c1-8-6-12-14(16(21)20-8)13(11(7-18)15(19)22-12)9-2-4-10(17)5-3-9/h2-6,13H,19H2,1H3,(H,20,21)/t13-/m1/s1. The second-order valence-electron chi connectivity index (χ2n) is 5.04. The Morgan fingerprint density at radius 1 is 1.36 bits per heavy atom. The largest absolute Gasteiger partial charge is 0.440 e. The molecule has 0 unspecified atom stereocenters. The third kappa shape index (κ3) is 2.24. The van der Waals surface area contributed by atoms with Crippen LogP contribution in [0.1, 0.15) is 22.7 Å². The van der Waals surface area contributed by atoms with Crippen LogP contribution in [0.4, 0.5) is 0 Å². The summed E-state index contributed by atoms with van der Waals surface area (Å²) in [7, 11) is 0. The molecule has 0 aliphatic carbocycles. The first kappa shape index (κ1) is 14.2. The predicted molar refractivity (Wildman–Crippen MR) is 82.5 cm³/mol. The summed E-state index contributed by atoms with van der Waals surface area (Å²) in [4.78, 5) is 15.1. The molecule has 22 heavy (non-hydrogen) atoms. The summed E-state index contributed by atoms with van der Waals surface area (Å²) in [6.07, 6.45) is 0. The van der Waals surface area contributed by atoms with E-state index in [1.807, 2.05) is 6.07 Å². The number of nitrogens with two attached hydrogens (primary N) is 1. The zero-order chi connectivity index (χ0) is 15.9. The normalized spacial score (nSPS) is 16.7. The smallest absolute Gasteiger partial charge is 0.256 e. The van der Waals surface area contributed by atoms with Crippen molar-refractivity contribution in [3.63, 3.8) is 0 Å². The number of nitrogens with one attached hydrogen (secondary N) is 1. The second-order valence-corrected chi connectivity index (χ2v) is 5.47. The Labute approximate surface area is 131 Å². The number of aromatic nitrogens is 1. The molecular weight excluding hydrogens is 302 g/mol. The summed E-state index contributed by atoms with van der Waals surface area (Å²) >= 11 is 5.91. The van der Waals surface area contributed by atoms with E-state index in [4.69, 9.17) is 22.1 Å². The van der Waals surface area contributed by atoms with E-state index in [0.717, 1.165) is 5.56 Å². The van der Waals surface area contributed by atoms with Crippen molar-refractivity contribution < 1.29 is 4.74 Å². The molecule has 0 saturated carbocycles. The van der Waals surface area contributed by atoms with E-state index in [0.29, 0.717) is 22.0 Å². The van der Waals surface area contributed by atoms with E-state index in [9.17, 15) is 10.1 Å². The average Bonchev–Trinajstić information content (AvgIpc) is 2.46. The number of nitrogens with zero attached hydrogens (tertiary/aromatic N) is 1. The highest BCUT2D eigenvalue weighted by atomic mass is 35.5. The summed E-state index contributed by atoms with van der Waals surface area (Å²) in [5.41, 5.74) is 7.56. The molecule has 3 rings (SSSR count). The predicted octanol–water partition coefficient (Wildman–Crippen LogP) is 2.55. The third-order valence-electron chi connectivity index (χ3n) is 3.55. The molecule has 3 N–H and O–H groups in total. The van der Waals surface area contributed by atoms with Gasteiger partial charge in [-0.2, -0.15) is 5.26 Å². The molecule has 0 spiro atoms. The fraction of sp³-hybridized carbons (Fsp3) is 0.125. The Morgan fingerprint density at radius 3 is 2.68 bits per heavy atom. The minimum Gasteiger partial charge on any atom is -0.440 e. The van der Waals surface area contributed by atoms with Crippen LogP contribution in [0.15, 0.2) is 46.6 Å². The van der Waals surface area contributed by atoms with Gasteiger partial charge in [-0.25, -0.2) is 0 Å². The second kappa shape index (κ2) is 5.24. The van der Waals surface area contributed by atoms with Gasteiger partial charge in [-0.1, -0.05) is 23.7 Å². The number of hydrogen-bond donors (Lipinski definition) is 2. The fourth-order valence-corrected chi connectivity index (χ4v) is 2.72. The highest BCUT2D eigenvalue weighted by Crippen LogP contribution is 2.40. The van der Waals surface area contributed by atoms with Crippen LogP contribution < -0.4 is 16.0 Å². The zero-order valence-electron chi connectivity index (χ0n) is 11.7.